The molecule has 0 radical (unpaired) electrons. The monoisotopic (exact) mass is 235 g/mol. The molecule has 2 atom stereocenters. The third-order valence-electron chi connectivity index (χ3n) is 4.29. The number of hydrogen-bond donors (Lipinski definition) is 1. The van der Waals surface area contributed by atoms with Crippen LogP contribution in [0.4, 0.5) is 4.39 Å². The summed E-state index contributed by atoms with van der Waals surface area (Å²) < 4.78 is 13.9. The molecule has 0 spiro atoms. The molecule has 2 aliphatic rings. The molecule has 2 aliphatic heterocycles. The van der Waals surface area contributed by atoms with Crippen molar-refractivity contribution in [1.29, 1.82) is 0 Å². The van der Waals surface area contributed by atoms with Crippen LogP contribution in [0.2, 0.25) is 0 Å². The van der Waals surface area contributed by atoms with E-state index >= 15 is 0 Å². The highest BCUT2D eigenvalue weighted by molar-refractivity contribution is 5.28. The van der Waals surface area contributed by atoms with E-state index in [1.54, 1.807) is 12.1 Å². The van der Waals surface area contributed by atoms with Crippen LogP contribution in [0.3, 0.4) is 0 Å². The minimum absolute atomic E-state index is 0.105. The SMILES string of the molecule is OC1(c2ccccc2F)CCN2CCCCC21. The molecule has 2 saturated heterocycles. The molecule has 1 N–H and O–H groups in total. The minimum atomic E-state index is -0.980. The molecule has 2 nitrogen and oxygen atoms in total. The fourth-order valence-corrected chi connectivity index (χ4v) is 3.41. The Morgan fingerprint density at radius 2 is 2.06 bits per heavy atom. The predicted molar refractivity (Wildman–Crippen MR) is 64.1 cm³/mol. The number of benzene rings is 1. The van der Waals surface area contributed by atoms with Crippen LogP contribution in [-0.2, 0) is 5.60 Å². The molecule has 17 heavy (non-hydrogen) atoms. The quantitative estimate of drug-likeness (QED) is 0.807. The minimum Gasteiger partial charge on any atom is -0.383 e. The second kappa shape index (κ2) is 4.07. The fraction of sp³-hybridized carbons (Fsp3) is 0.571. The van der Waals surface area contributed by atoms with Gasteiger partial charge in [-0.05, 0) is 31.9 Å². The van der Waals surface area contributed by atoms with Crippen LogP contribution in [0, 0.1) is 5.82 Å². The number of fused-ring (bicyclic) bond motifs is 1. The number of nitrogens with zero attached hydrogens (tertiary/aromatic N) is 1. The standard InChI is InChI=1S/C14H18FNO/c15-12-6-2-1-5-11(12)14(17)8-10-16-9-4-3-7-13(14)16/h1-2,5-6,13,17H,3-4,7-10H2. The van der Waals surface area contributed by atoms with E-state index < -0.39 is 5.60 Å². The van der Waals surface area contributed by atoms with Gasteiger partial charge in [-0.2, -0.15) is 0 Å². The second-order valence-electron chi connectivity index (χ2n) is 5.20. The van der Waals surface area contributed by atoms with Crippen LogP contribution >= 0.6 is 0 Å². The van der Waals surface area contributed by atoms with Crippen LogP contribution in [-0.4, -0.2) is 29.1 Å². The third kappa shape index (κ3) is 1.69. The van der Waals surface area contributed by atoms with Gasteiger partial charge in [0.05, 0.1) is 0 Å². The lowest BCUT2D eigenvalue weighted by Gasteiger charge is -2.37. The third-order valence-corrected chi connectivity index (χ3v) is 4.29. The smallest absolute Gasteiger partial charge is 0.129 e. The van der Waals surface area contributed by atoms with Gasteiger partial charge in [-0.25, -0.2) is 4.39 Å². The lowest BCUT2D eigenvalue weighted by atomic mass is 9.82. The van der Waals surface area contributed by atoms with Gasteiger partial charge in [-0.3, -0.25) is 4.90 Å². The summed E-state index contributed by atoms with van der Waals surface area (Å²) in [7, 11) is 0. The summed E-state index contributed by atoms with van der Waals surface area (Å²) >= 11 is 0. The summed E-state index contributed by atoms with van der Waals surface area (Å²) in [5, 5.41) is 10.9. The predicted octanol–water partition coefficient (Wildman–Crippen LogP) is 2.27. The molecule has 0 aromatic heterocycles. The number of hydrogen-bond acceptors (Lipinski definition) is 2. The summed E-state index contributed by atoms with van der Waals surface area (Å²) in [5.74, 6) is -0.276. The van der Waals surface area contributed by atoms with Gasteiger partial charge < -0.3 is 5.11 Å². The molecular formula is C14H18FNO. The summed E-state index contributed by atoms with van der Waals surface area (Å²) in [4.78, 5) is 2.32. The normalized spacial score (nSPS) is 33.6. The van der Waals surface area contributed by atoms with Crippen molar-refractivity contribution in [2.45, 2.75) is 37.3 Å². The molecule has 92 valence electrons. The Hall–Kier alpha value is -0.930. The van der Waals surface area contributed by atoms with Crippen molar-refractivity contribution >= 4 is 0 Å². The first-order chi connectivity index (χ1) is 8.22. The van der Waals surface area contributed by atoms with Crippen molar-refractivity contribution in [2.24, 2.45) is 0 Å². The van der Waals surface area contributed by atoms with Gasteiger partial charge in [-0.1, -0.05) is 24.6 Å². The molecule has 2 fully saturated rings. The summed E-state index contributed by atoms with van der Waals surface area (Å²) in [6.45, 7) is 1.93. The largest absolute Gasteiger partial charge is 0.383 e. The summed E-state index contributed by atoms with van der Waals surface area (Å²) in [6, 6.07) is 6.76. The Balaban J connectivity index is 1.98. The maximum atomic E-state index is 13.9. The van der Waals surface area contributed by atoms with Crippen molar-refractivity contribution in [3.05, 3.63) is 35.6 Å². The number of piperidine rings is 1. The first kappa shape index (κ1) is 11.2. The highest BCUT2D eigenvalue weighted by atomic mass is 19.1. The number of aliphatic hydroxyl groups is 1. The van der Waals surface area contributed by atoms with Gasteiger partial charge in [0.25, 0.3) is 0 Å². The molecule has 0 amide bonds. The molecule has 0 bridgehead atoms. The highest BCUT2D eigenvalue weighted by Gasteiger charge is 2.48. The Kier molecular flexibility index (Phi) is 2.68. The second-order valence-corrected chi connectivity index (χ2v) is 5.20. The van der Waals surface area contributed by atoms with Gasteiger partial charge in [0.15, 0.2) is 0 Å². The van der Waals surface area contributed by atoms with E-state index in [0.29, 0.717) is 12.0 Å². The fourth-order valence-electron chi connectivity index (χ4n) is 3.41. The zero-order valence-corrected chi connectivity index (χ0v) is 9.90. The van der Waals surface area contributed by atoms with E-state index in [4.69, 9.17) is 0 Å². The van der Waals surface area contributed by atoms with E-state index in [1.807, 2.05) is 6.07 Å². The first-order valence-electron chi connectivity index (χ1n) is 6.43. The van der Waals surface area contributed by atoms with Crippen LogP contribution in [0.1, 0.15) is 31.2 Å². The molecule has 2 unspecified atom stereocenters. The van der Waals surface area contributed by atoms with E-state index in [0.717, 1.165) is 25.9 Å². The van der Waals surface area contributed by atoms with Crippen molar-refractivity contribution < 1.29 is 9.50 Å². The van der Waals surface area contributed by atoms with E-state index in [2.05, 4.69) is 4.90 Å². The van der Waals surface area contributed by atoms with Crippen LogP contribution in [0.25, 0.3) is 0 Å². The van der Waals surface area contributed by atoms with Crippen molar-refractivity contribution in [3.8, 4) is 0 Å². The zero-order valence-electron chi connectivity index (χ0n) is 9.90. The molecule has 1 aromatic rings. The topological polar surface area (TPSA) is 23.5 Å². The van der Waals surface area contributed by atoms with Crippen LogP contribution in [0.5, 0.6) is 0 Å². The van der Waals surface area contributed by atoms with Crippen molar-refractivity contribution in [1.82, 2.24) is 4.90 Å². The average molecular weight is 235 g/mol. The van der Waals surface area contributed by atoms with Gasteiger partial charge in [0.2, 0.25) is 0 Å². The average Bonchev–Trinajstić information content (AvgIpc) is 2.70. The van der Waals surface area contributed by atoms with E-state index in [9.17, 15) is 9.50 Å². The molecule has 3 rings (SSSR count). The Bertz CT molecular complexity index is 422. The molecule has 3 heteroatoms. The number of rotatable bonds is 1. The maximum absolute atomic E-state index is 13.9. The van der Waals surface area contributed by atoms with Gasteiger partial charge in [0, 0.05) is 18.2 Å². The molecule has 2 heterocycles. The Morgan fingerprint density at radius 1 is 1.24 bits per heavy atom. The molecule has 0 saturated carbocycles. The molecule has 0 aliphatic carbocycles. The first-order valence-corrected chi connectivity index (χ1v) is 6.43. The van der Waals surface area contributed by atoms with Crippen LogP contribution in [0.15, 0.2) is 24.3 Å². The van der Waals surface area contributed by atoms with Gasteiger partial charge >= 0.3 is 0 Å². The number of halogens is 1. The summed E-state index contributed by atoms with van der Waals surface area (Å²) in [5.41, 5.74) is -0.499. The van der Waals surface area contributed by atoms with Crippen molar-refractivity contribution in [3.63, 3.8) is 0 Å². The lowest BCUT2D eigenvalue weighted by Crippen LogP contribution is -2.45. The Morgan fingerprint density at radius 3 is 2.88 bits per heavy atom. The summed E-state index contributed by atoms with van der Waals surface area (Å²) in [6.07, 6.45) is 3.96. The maximum Gasteiger partial charge on any atom is 0.129 e. The highest BCUT2D eigenvalue weighted by Crippen LogP contribution is 2.42. The van der Waals surface area contributed by atoms with E-state index in [1.165, 1.54) is 12.5 Å². The van der Waals surface area contributed by atoms with E-state index in [-0.39, 0.29) is 11.9 Å². The van der Waals surface area contributed by atoms with Crippen LogP contribution < -0.4 is 0 Å². The zero-order chi connectivity index (χ0) is 11.9. The van der Waals surface area contributed by atoms with Gasteiger partial charge in [-0.15, -0.1) is 0 Å². The lowest BCUT2D eigenvalue weighted by molar-refractivity contribution is -0.0164. The molecular weight excluding hydrogens is 217 g/mol. The van der Waals surface area contributed by atoms with Crippen molar-refractivity contribution in [2.75, 3.05) is 13.1 Å². The molecule has 1 aromatic carbocycles. The van der Waals surface area contributed by atoms with Gasteiger partial charge in [0.1, 0.15) is 11.4 Å². The Labute approximate surface area is 101 Å².